The average Bonchev–Trinajstić information content (AvgIpc) is 3.38. The zero-order valence-electron chi connectivity index (χ0n) is 21.7. The second-order valence-electron chi connectivity index (χ2n) is 10.6. The van der Waals surface area contributed by atoms with Crippen molar-refractivity contribution < 1.29 is 19.2 Å². The van der Waals surface area contributed by atoms with Crippen LogP contribution in [0.25, 0.3) is 0 Å². The summed E-state index contributed by atoms with van der Waals surface area (Å²) >= 11 is 0. The summed E-state index contributed by atoms with van der Waals surface area (Å²) in [6, 6.07) is 4.68. The van der Waals surface area contributed by atoms with E-state index in [9.17, 15) is 19.2 Å². The van der Waals surface area contributed by atoms with E-state index >= 15 is 0 Å². The number of hydrogen-bond donors (Lipinski definition) is 2. The molecule has 0 aromatic heterocycles. The summed E-state index contributed by atoms with van der Waals surface area (Å²) in [7, 11) is 3.84. The Morgan fingerprint density at radius 3 is 2.23 bits per heavy atom. The summed E-state index contributed by atoms with van der Waals surface area (Å²) in [5.74, 6) is -0.904. The third-order valence-corrected chi connectivity index (χ3v) is 6.95. The topological polar surface area (TPSA) is 116 Å². The van der Waals surface area contributed by atoms with Crippen molar-refractivity contribution in [3.05, 3.63) is 29.8 Å². The van der Waals surface area contributed by atoms with Gasteiger partial charge in [0.15, 0.2) is 5.78 Å². The molecule has 2 saturated heterocycles. The largest absolute Gasteiger partial charge is 0.378 e. The van der Waals surface area contributed by atoms with Crippen LogP contribution in [0.15, 0.2) is 24.3 Å². The van der Waals surface area contributed by atoms with Gasteiger partial charge >= 0.3 is 0 Å². The molecule has 0 bridgehead atoms. The number of likely N-dealkylation sites (tertiary alicyclic amines) is 2. The van der Waals surface area contributed by atoms with Crippen molar-refractivity contribution in [2.75, 3.05) is 32.1 Å². The Labute approximate surface area is 208 Å². The van der Waals surface area contributed by atoms with E-state index in [0.29, 0.717) is 24.9 Å². The first kappa shape index (κ1) is 26.7. The Bertz CT molecular complexity index is 959. The van der Waals surface area contributed by atoms with Gasteiger partial charge in [0.05, 0.1) is 18.6 Å². The van der Waals surface area contributed by atoms with Crippen LogP contribution in [0, 0.1) is 11.8 Å². The van der Waals surface area contributed by atoms with Gasteiger partial charge in [0.2, 0.25) is 11.8 Å². The molecule has 192 valence electrons. The first-order chi connectivity index (χ1) is 16.4. The lowest BCUT2D eigenvalue weighted by Gasteiger charge is -2.29. The van der Waals surface area contributed by atoms with Crippen molar-refractivity contribution in [1.82, 2.24) is 15.1 Å². The fraction of sp³-hybridized carbons (Fsp3) is 0.615. The third kappa shape index (κ3) is 5.66. The number of fused-ring (bicyclic) bond motifs is 1. The van der Waals surface area contributed by atoms with Crippen molar-refractivity contribution in [3.63, 3.8) is 0 Å². The maximum atomic E-state index is 13.6. The quantitative estimate of drug-likeness (QED) is 0.573. The van der Waals surface area contributed by atoms with E-state index in [4.69, 9.17) is 5.73 Å². The van der Waals surface area contributed by atoms with Crippen molar-refractivity contribution >= 4 is 29.2 Å². The molecule has 0 aliphatic carbocycles. The molecule has 2 fully saturated rings. The molecule has 9 nitrogen and oxygen atoms in total. The van der Waals surface area contributed by atoms with Gasteiger partial charge in [0, 0.05) is 31.9 Å². The molecule has 1 aromatic rings. The van der Waals surface area contributed by atoms with E-state index < -0.39 is 18.1 Å². The van der Waals surface area contributed by atoms with E-state index in [-0.39, 0.29) is 47.9 Å². The first-order valence-corrected chi connectivity index (χ1v) is 12.4. The number of carbonyl (C=O) groups excluding carboxylic acids is 4. The molecule has 9 heteroatoms. The van der Waals surface area contributed by atoms with Crippen molar-refractivity contribution in [3.8, 4) is 0 Å². The van der Waals surface area contributed by atoms with Crippen LogP contribution in [0.2, 0.25) is 0 Å². The van der Waals surface area contributed by atoms with Crippen LogP contribution in [0.5, 0.6) is 0 Å². The lowest BCUT2D eigenvalue weighted by atomic mass is 10.0. The monoisotopic (exact) mass is 485 g/mol. The predicted octanol–water partition coefficient (Wildman–Crippen LogP) is 1.26. The number of anilines is 1. The Hall–Kier alpha value is -2.94. The van der Waals surface area contributed by atoms with Gasteiger partial charge < -0.3 is 25.8 Å². The lowest BCUT2D eigenvalue weighted by Crippen LogP contribution is -2.53. The molecule has 0 radical (unpaired) electrons. The highest BCUT2D eigenvalue weighted by atomic mass is 16.2. The fourth-order valence-corrected chi connectivity index (χ4v) is 4.88. The minimum Gasteiger partial charge on any atom is -0.378 e. The van der Waals surface area contributed by atoms with E-state index in [1.54, 1.807) is 21.9 Å². The van der Waals surface area contributed by atoms with Gasteiger partial charge in [-0.3, -0.25) is 19.2 Å². The highest BCUT2D eigenvalue weighted by molar-refractivity contribution is 6.01. The third-order valence-electron chi connectivity index (χ3n) is 6.95. The molecule has 0 saturated carbocycles. The number of rotatable bonds is 8. The highest BCUT2D eigenvalue weighted by Gasteiger charge is 2.52. The van der Waals surface area contributed by atoms with E-state index in [1.807, 2.05) is 58.8 Å². The zero-order valence-corrected chi connectivity index (χ0v) is 21.7. The molecule has 4 atom stereocenters. The summed E-state index contributed by atoms with van der Waals surface area (Å²) < 4.78 is 0. The fourth-order valence-electron chi connectivity index (χ4n) is 4.88. The molecule has 3 amide bonds. The van der Waals surface area contributed by atoms with Gasteiger partial charge in [-0.05, 0) is 48.9 Å². The Kier molecular flexibility index (Phi) is 8.20. The Morgan fingerprint density at radius 1 is 1.06 bits per heavy atom. The van der Waals surface area contributed by atoms with Crippen LogP contribution in [-0.4, -0.2) is 84.7 Å². The van der Waals surface area contributed by atoms with Crippen LogP contribution in [0.3, 0.4) is 0 Å². The molecule has 35 heavy (non-hydrogen) atoms. The van der Waals surface area contributed by atoms with E-state index in [1.165, 1.54) is 0 Å². The maximum Gasteiger partial charge on any atom is 0.251 e. The minimum absolute atomic E-state index is 0.0300. The summed E-state index contributed by atoms with van der Waals surface area (Å²) in [5.41, 5.74) is 7.50. The molecule has 2 heterocycles. The molecule has 3 rings (SSSR count). The van der Waals surface area contributed by atoms with Crippen molar-refractivity contribution in [2.24, 2.45) is 17.6 Å². The number of Topliss-reactive ketones (excluding diaryl/α,β-unsaturated/α-hetero) is 1. The molecule has 4 unspecified atom stereocenters. The summed E-state index contributed by atoms with van der Waals surface area (Å²) in [6.45, 7) is 8.05. The number of nitrogens with one attached hydrogen (secondary N) is 1. The van der Waals surface area contributed by atoms with E-state index in [0.717, 1.165) is 5.69 Å². The molecule has 0 spiro atoms. The van der Waals surface area contributed by atoms with Crippen molar-refractivity contribution in [1.29, 1.82) is 0 Å². The SMILES string of the molecule is CC(C)CC(NC(=O)c1ccc(N(C)C)cc1)C(=O)N1CCC2C1C(=O)CN2C(=O)C(N)C(C)C. The molecule has 3 N–H and O–H groups in total. The number of ketones is 1. The number of nitrogens with zero attached hydrogens (tertiary/aromatic N) is 3. The second kappa shape index (κ2) is 10.8. The molecule has 1 aromatic carbocycles. The van der Waals surface area contributed by atoms with Gasteiger partial charge in [-0.25, -0.2) is 0 Å². The number of carbonyl (C=O) groups is 4. The van der Waals surface area contributed by atoms with Gasteiger partial charge in [0.25, 0.3) is 5.91 Å². The van der Waals surface area contributed by atoms with Gasteiger partial charge in [0.1, 0.15) is 12.1 Å². The summed E-state index contributed by atoms with van der Waals surface area (Å²) in [4.78, 5) is 57.5. The first-order valence-electron chi connectivity index (χ1n) is 12.4. The van der Waals surface area contributed by atoms with Crippen LogP contribution < -0.4 is 16.0 Å². The number of amides is 3. The normalized spacial score (nSPS) is 21.3. The number of nitrogens with two attached hydrogens (primary N) is 1. The molecular weight excluding hydrogens is 446 g/mol. The minimum atomic E-state index is -0.759. The Morgan fingerprint density at radius 2 is 1.69 bits per heavy atom. The average molecular weight is 486 g/mol. The van der Waals surface area contributed by atoms with Gasteiger partial charge in [-0.15, -0.1) is 0 Å². The van der Waals surface area contributed by atoms with Crippen LogP contribution in [-0.2, 0) is 14.4 Å². The van der Waals surface area contributed by atoms with Gasteiger partial charge in [-0.1, -0.05) is 27.7 Å². The Balaban J connectivity index is 1.76. The second-order valence-corrected chi connectivity index (χ2v) is 10.6. The molecule has 2 aliphatic heterocycles. The van der Waals surface area contributed by atoms with Crippen LogP contribution >= 0.6 is 0 Å². The smallest absolute Gasteiger partial charge is 0.251 e. The van der Waals surface area contributed by atoms with Crippen LogP contribution in [0.4, 0.5) is 5.69 Å². The number of hydrogen-bond acceptors (Lipinski definition) is 6. The van der Waals surface area contributed by atoms with Gasteiger partial charge in [-0.2, -0.15) is 0 Å². The zero-order chi connectivity index (χ0) is 26.0. The lowest BCUT2D eigenvalue weighted by molar-refractivity contribution is -0.138. The van der Waals surface area contributed by atoms with E-state index in [2.05, 4.69) is 5.32 Å². The van der Waals surface area contributed by atoms with Crippen molar-refractivity contribution in [2.45, 2.75) is 64.7 Å². The standard InChI is InChI=1S/C26H39N5O4/c1-15(2)13-19(28-24(33)17-7-9-18(10-8-17)29(5)6)25(34)30-12-11-20-23(30)21(32)14-31(20)26(35)22(27)16(3)4/h7-10,15-16,19-20,22-23H,11-14,27H2,1-6H3,(H,28,33). The van der Waals surface area contributed by atoms with Crippen LogP contribution in [0.1, 0.15) is 50.9 Å². The summed E-state index contributed by atoms with van der Waals surface area (Å²) in [6.07, 6.45) is 0.969. The predicted molar refractivity (Wildman–Crippen MR) is 135 cm³/mol. The molecule has 2 aliphatic rings. The molecular formula is C26H39N5O4. The maximum absolute atomic E-state index is 13.6. The highest BCUT2D eigenvalue weighted by Crippen LogP contribution is 2.31. The number of benzene rings is 1. The summed E-state index contributed by atoms with van der Waals surface area (Å²) in [5, 5.41) is 2.90.